The topological polar surface area (TPSA) is 29.3 Å². The molecule has 1 aliphatic rings. The molecule has 0 spiro atoms. The summed E-state index contributed by atoms with van der Waals surface area (Å²) >= 11 is 6.71. The summed E-state index contributed by atoms with van der Waals surface area (Å²) in [6.07, 6.45) is 2.45. The fourth-order valence-corrected chi connectivity index (χ4v) is 3.32. The molecule has 1 aliphatic carbocycles. The van der Waals surface area contributed by atoms with Gasteiger partial charge in [-0.15, -0.1) is 11.3 Å². The smallest absolute Gasteiger partial charge is 0.124 e. The zero-order chi connectivity index (χ0) is 14.8. The summed E-state index contributed by atoms with van der Waals surface area (Å²) in [6, 6.07) is 9.70. The first-order valence-electron chi connectivity index (χ1n) is 6.97. The SMILES string of the molecule is NC(=S)c1cc(F)cc(CN(Cc2cccs2)C2CC2)c1. The molecule has 21 heavy (non-hydrogen) atoms. The summed E-state index contributed by atoms with van der Waals surface area (Å²) in [7, 11) is 0. The number of rotatable bonds is 6. The summed E-state index contributed by atoms with van der Waals surface area (Å²) in [5, 5.41) is 2.09. The summed E-state index contributed by atoms with van der Waals surface area (Å²) in [4.78, 5) is 3.99. The van der Waals surface area contributed by atoms with Gasteiger partial charge < -0.3 is 5.73 Å². The van der Waals surface area contributed by atoms with E-state index in [4.69, 9.17) is 18.0 Å². The third kappa shape index (κ3) is 3.87. The van der Waals surface area contributed by atoms with E-state index in [0.717, 1.165) is 18.7 Å². The van der Waals surface area contributed by atoms with Crippen LogP contribution in [-0.2, 0) is 13.1 Å². The first-order valence-corrected chi connectivity index (χ1v) is 8.26. The van der Waals surface area contributed by atoms with Crippen molar-refractivity contribution in [2.24, 2.45) is 5.73 Å². The minimum Gasteiger partial charge on any atom is -0.389 e. The molecule has 5 heteroatoms. The van der Waals surface area contributed by atoms with E-state index >= 15 is 0 Å². The molecule has 3 rings (SSSR count). The molecule has 2 nitrogen and oxygen atoms in total. The van der Waals surface area contributed by atoms with Crippen LogP contribution in [0.4, 0.5) is 4.39 Å². The van der Waals surface area contributed by atoms with Crippen molar-refractivity contribution in [3.05, 3.63) is 57.5 Å². The van der Waals surface area contributed by atoms with E-state index in [1.54, 1.807) is 17.4 Å². The van der Waals surface area contributed by atoms with Crippen LogP contribution in [0, 0.1) is 5.82 Å². The number of hydrogen-bond donors (Lipinski definition) is 1. The van der Waals surface area contributed by atoms with Crippen molar-refractivity contribution in [2.75, 3.05) is 0 Å². The Labute approximate surface area is 133 Å². The summed E-state index contributed by atoms with van der Waals surface area (Å²) < 4.78 is 13.7. The third-order valence-corrected chi connectivity index (χ3v) is 4.73. The molecule has 1 aromatic carbocycles. The van der Waals surface area contributed by atoms with E-state index in [0.29, 0.717) is 11.6 Å². The lowest BCUT2D eigenvalue weighted by Crippen LogP contribution is -2.25. The van der Waals surface area contributed by atoms with E-state index in [1.165, 1.54) is 23.8 Å². The summed E-state index contributed by atoms with van der Waals surface area (Å²) in [5.74, 6) is -0.276. The van der Waals surface area contributed by atoms with Crippen molar-refractivity contribution >= 4 is 28.5 Å². The molecule has 1 heterocycles. The van der Waals surface area contributed by atoms with Gasteiger partial charge in [0.1, 0.15) is 10.8 Å². The Bertz CT molecular complexity index is 636. The van der Waals surface area contributed by atoms with Gasteiger partial charge in [0.05, 0.1) is 0 Å². The van der Waals surface area contributed by atoms with E-state index in [2.05, 4.69) is 22.4 Å². The highest BCUT2D eigenvalue weighted by Gasteiger charge is 2.29. The van der Waals surface area contributed by atoms with Gasteiger partial charge in [0.25, 0.3) is 0 Å². The molecule has 0 aliphatic heterocycles. The molecule has 1 aromatic heterocycles. The molecular formula is C16H17FN2S2. The van der Waals surface area contributed by atoms with Gasteiger partial charge in [-0.05, 0) is 48.1 Å². The van der Waals surface area contributed by atoms with Crippen molar-refractivity contribution in [3.63, 3.8) is 0 Å². The predicted octanol–water partition coefficient (Wildman–Crippen LogP) is 3.69. The van der Waals surface area contributed by atoms with Crippen LogP contribution in [0.15, 0.2) is 35.7 Å². The average molecular weight is 320 g/mol. The Kier molecular flexibility index (Phi) is 4.33. The van der Waals surface area contributed by atoms with Gasteiger partial charge in [-0.2, -0.15) is 0 Å². The second-order valence-corrected chi connectivity index (χ2v) is 6.90. The van der Waals surface area contributed by atoms with Crippen molar-refractivity contribution in [1.82, 2.24) is 4.90 Å². The van der Waals surface area contributed by atoms with E-state index in [9.17, 15) is 4.39 Å². The highest BCUT2D eigenvalue weighted by Crippen LogP contribution is 2.30. The van der Waals surface area contributed by atoms with Gasteiger partial charge in [0, 0.05) is 29.6 Å². The zero-order valence-electron chi connectivity index (χ0n) is 11.6. The molecule has 0 amide bonds. The van der Waals surface area contributed by atoms with Crippen LogP contribution in [0.5, 0.6) is 0 Å². The van der Waals surface area contributed by atoms with Crippen LogP contribution in [0.2, 0.25) is 0 Å². The van der Waals surface area contributed by atoms with Crippen LogP contribution in [-0.4, -0.2) is 15.9 Å². The average Bonchev–Trinajstić information content (AvgIpc) is 3.16. The second kappa shape index (κ2) is 6.22. The van der Waals surface area contributed by atoms with Gasteiger partial charge >= 0.3 is 0 Å². The molecule has 0 atom stereocenters. The number of hydrogen-bond acceptors (Lipinski definition) is 3. The fraction of sp³-hybridized carbons (Fsp3) is 0.312. The molecule has 2 aromatic rings. The lowest BCUT2D eigenvalue weighted by Gasteiger charge is -2.21. The normalized spacial score (nSPS) is 14.6. The Morgan fingerprint density at radius 3 is 2.76 bits per heavy atom. The first kappa shape index (κ1) is 14.6. The number of thiocarbonyl (C=S) groups is 1. The van der Waals surface area contributed by atoms with E-state index < -0.39 is 0 Å². The quantitative estimate of drug-likeness (QED) is 0.823. The van der Waals surface area contributed by atoms with Gasteiger partial charge in [0.15, 0.2) is 0 Å². The van der Waals surface area contributed by atoms with Crippen molar-refractivity contribution in [3.8, 4) is 0 Å². The first-order chi connectivity index (χ1) is 10.1. The van der Waals surface area contributed by atoms with Crippen LogP contribution in [0.25, 0.3) is 0 Å². The molecule has 1 fully saturated rings. The maximum absolute atomic E-state index is 13.7. The summed E-state index contributed by atoms with van der Waals surface area (Å²) in [6.45, 7) is 1.65. The maximum Gasteiger partial charge on any atom is 0.124 e. The standard InChI is InChI=1S/C16H17FN2S2/c17-13-7-11(6-12(8-13)16(18)20)9-19(14-3-4-14)10-15-2-1-5-21-15/h1-2,5-8,14H,3-4,9-10H2,(H2,18,20). The summed E-state index contributed by atoms with van der Waals surface area (Å²) in [5.41, 5.74) is 7.15. The molecule has 0 bridgehead atoms. The van der Waals surface area contributed by atoms with Crippen LogP contribution < -0.4 is 5.73 Å². The molecule has 110 valence electrons. The van der Waals surface area contributed by atoms with Crippen molar-refractivity contribution in [2.45, 2.75) is 32.0 Å². The minimum atomic E-state index is -0.276. The fourth-order valence-electron chi connectivity index (χ4n) is 2.47. The van der Waals surface area contributed by atoms with Gasteiger partial charge in [-0.25, -0.2) is 4.39 Å². The molecule has 0 unspecified atom stereocenters. The van der Waals surface area contributed by atoms with E-state index in [-0.39, 0.29) is 10.8 Å². The van der Waals surface area contributed by atoms with Gasteiger partial charge in [0.2, 0.25) is 0 Å². The van der Waals surface area contributed by atoms with Crippen LogP contribution in [0.1, 0.15) is 28.8 Å². The molecule has 0 saturated heterocycles. The Morgan fingerprint density at radius 2 is 2.14 bits per heavy atom. The van der Waals surface area contributed by atoms with Gasteiger partial charge in [-0.1, -0.05) is 18.3 Å². The third-order valence-electron chi connectivity index (χ3n) is 3.63. The molecular weight excluding hydrogens is 303 g/mol. The van der Waals surface area contributed by atoms with Crippen LogP contribution in [0.3, 0.4) is 0 Å². The molecule has 2 N–H and O–H groups in total. The largest absolute Gasteiger partial charge is 0.389 e. The van der Waals surface area contributed by atoms with Crippen molar-refractivity contribution < 1.29 is 4.39 Å². The van der Waals surface area contributed by atoms with Crippen LogP contribution >= 0.6 is 23.6 Å². The van der Waals surface area contributed by atoms with Gasteiger partial charge in [-0.3, -0.25) is 4.90 Å². The number of benzene rings is 1. The Morgan fingerprint density at radius 1 is 1.33 bits per heavy atom. The Balaban J connectivity index is 1.78. The number of nitrogens with zero attached hydrogens (tertiary/aromatic N) is 1. The zero-order valence-corrected chi connectivity index (χ0v) is 13.2. The molecule has 0 radical (unpaired) electrons. The second-order valence-electron chi connectivity index (χ2n) is 5.43. The monoisotopic (exact) mass is 320 g/mol. The number of halogens is 1. The predicted molar refractivity (Wildman–Crippen MR) is 88.9 cm³/mol. The lowest BCUT2D eigenvalue weighted by atomic mass is 10.1. The Hall–Kier alpha value is -1.30. The highest BCUT2D eigenvalue weighted by atomic mass is 32.1. The van der Waals surface area contributed by atoms with E-state index in [1.807, 2.05) is 6.07 Å². The molecule has 1 saturated carbocycles. The maximum atomic E-state index is 13.7. The highest BCUT2D eigenvalue weighted by molar-refractivity contribution is 7.80. The number of nitrogens with two attached hydrogens (primary N) is 1. The lowest BCUT2D eigenvalue weighted by molar-refractivity contribution is 0.247. The minimum absolute atomic E-state index is 0.243. The number of thiophene rings is 1. The van der Waals surface area contributed by atoms with Crippen molar-refractivity contribution in [1.29, 1.82) is 0 Å².